The number of nitrogens with zero attached hydrogens (tertiary/aromatic N) is 1. The van der Waals surface area contributed by atoms with Gasteiger partial charge in [-0.25, -0.2) is 12.4 Å². The van der Waals surface area contributed by atoms with E-state index in [1.54, 1.807) is 49.5 Å². The number of fused-ring (bicyclic) bond motifs is 1. The molecule has 2 aliphatic carbocycles. The van der Waals surface area contributed by atoms with Gasteiger partial charge in [-0.05, 0) is 42.7 Å². The lowest BCUT2D eigenvalue weighted by atomic mass is 9.85. The Morgan fingerprint density at radius 1 is 1.23 bits per heavy atom. The summed E-state index contributed by atoms with van der Waals surface area (Å²) in [6.45, 7) is 1.66. The highest BCUT2D eigenvalue weighted by atomic mass is 32.2. The van der Waals surface area contributed by atoms with Crippen molar-refractivity contribution in [3.05, 3.63) is 59.7 Å². The van der Waals surface area contributed by atoms with Crippen molar-refractivity contribution in [3.63, 3.8) is 0 Å². The minimum atomic E-state index is -3.84. The van der Waals surface area contributed by atoms with Crippen molar-refractivity contribution in [1.29, 1.82) is 0 Å². The van der Waals surface area contributed by atoms with Crippen molar-refractivity contribution < 1.29 is 17.2 Å². The van der Waals surface area contributed by atoms with Crippen molar-refractivity contribution in [2.45, 2.75) is 30.3 Å². The van der Waals surface area contributed by atoms with E-state index in [0.29, 0.717) is 22.2 Å². The summed E-state index contributed by atoms with van der Waals surface area (Å²) in [4.78, 5) is 0.465. The molecule has 2 aromatic rings. The number of aromatic nitrogens is 1. The maximum atomic E-state index is 13.6. The van der Waals surface area contributed by atoms with E-state index < -0.39 is 26.4 Å². The minimum absolute atomic E-state index is 0.124. The number of hydrogen-bond acceptors (Lipinski definition) is 3. The van der Waals surface area contributed by atoms with Crippen LogP contribution in [-0.2, 0) is 10.0 Å². The highest BCUT2D eigenvalue weighted by Gasteiger charge is 2.54. The van der Waals surface area contributed by atoms with Crippen LogP contribution in [-0.4, -0.2) is 22.9 Å². The van der Waals surface area contributed by atoms with Gasteiger partial charge in [-0.2, -0.15) is 8.78 Å². The fourth-order valence-electron chi connectivity index (χ4n) is 3.89. The first-order valence-corrected chi connectivity index (χ1v) is 10.8. The van der Waals surface area contributed by atoms with E-state index >= 15 is 0 Å². The predicted octanol–water partition coefficient (Wildman–Crippen LogP) is 5.01. The number of hydrogen-bond donors (Lipinski definition) is 0. The standard InChI is InChI=1S/C19H19F2NO2S2/c1-19(11-4-7-16(25-18(20)21)17(19)14-8-9-14)26(23,24)22-12-10-13-5-2-3-6-15(13)22/h2-7,10-12,14,17-18H,8-9H2,1H3. The van der Waals surface area contributed by atoms with Crippen LogP contribution in [0.25, 0.3) is 10.9 Å². The second kappa shape index (κ2) is 6.23. The summed E-state index contributed by atoms with van der Waals surface area (Å²) in [6.07, 6.45) is 8.21. The molecular weight excluding hydrogens is 376 g/mol. The minimum Gasteiger partial charge on any atom is -0.244 e. The normalized spacial score (nSPS) is 26.5. The summed E-state index contributed by atoms with van der Waals surface area (Å²) in [5.74, 6) is -2.88. The van der Waals surface area contributed by atoms with Crippen LogP contribution < -0.4 is 0 Å². The SMILES string of the molecule is CC1(S(=O)(=O)n2ccc3ccccc32)C=CC=C(SC(F)F)C1C1CC1. The molecule has 1 aromatic heterocycles. The zero-order valence-electron chi connectivity index (χ0n) is 14.2. The molecule has 0 aliphatic heterocycles. The molecule has 3 nitrogen and oxygen atoms in total. The molecule has 7 heteroatoms. The zero-order chi connectivity index (χ0) is 18.5. The highest BCUT2D eigenvalue weighted by Crippen LogP contribution is 2.54. The Morgan fingerprint density at radius 2 is 1.96 bits per heavy atom. The third-order valence-electron chi connectivity index (χ3n) is 5.31. The molecule has 26 heavy (non-hydrogen) atoms. The molecule has 0 amide bonds. The summed E-state index contributed by atoms with van der Waals surface area (Å²) < 4.78 is 53.4. The monoisotopic (exact) mass is 395 g/mol. The average Bonchev–Trinajstić information content (AvgIpc) is 3.31. The topological polar surface area (TPSA) is 39.1 Å². The van der Waals surface area contributed by atoms with E-state index in [1.165, 1.54) is 3.97 Å². The van der Waals surface area contributed by atoms with Gasteiger partial charge in [0.1, 0.15) is 4.75 Å². The van der Waals surface area contributed by atoms with Crippen LogP contribution in [0.3, 0.4) is 0 Å². The van der Waals surface area contributed by atoms with Crippen molar-refractivity contribution in [3.8, 4) is 0 Å². The number of rotatable bonds is 5. The molecule has 0 radical (unpaired) electrons. The Labute approximate surface area is 155 Å². The summed E-state index contributed by atoms with van der Waals surface area (Å²) in [5, 5.41) is 0.833. The largest absolute Gasteiger partial charge is 0.288 e. The molecule has 0 spiro atoms. The maximum absolute atomic E-state index is 13.6. The van der Waals surface area contributed by atoms with E-state index in [0.717, 1.165) is 18.2 Å². The predicted molar refractivity (Wildman–Crippen MR) is 102 cm³/mol. The first kappa shape index (κ1) is 17.8. The quantitative estimate of drug-likeness (QED) is 0.714. The Balaban J connectivity index is 1.84. The van der Waals surface area contributed by atoms with E-state index in [2.05, 4.69) is 0 Å². The number of halogens is 2. The molecule has 0 saturated heterocycles. The molecule has 1 fully saturated rings. The van der Waals surface area contributed by atoms with Crippen LogP contribution in [0.1, 0.15) is 19.8 Å². The van der Waals surface area contributed by atoms with Crippen molar-refractivity contribution >= 4 is 32.7 Å². The zero-order valence-corrected chi connectivity index (χ0v) is 15.8. The molecule has 138 valence electrons. The fourth-order valence-corrected chi connectivity index (χ4v) is 6.88. The van der Waals surface area contributed by atoms with Crippen molar-refractivity contribution in [2.24, 2.45) is 11.8 Å². The van der Waals surface area contributed by atoms with Crippen LogP contribution in [0.2, 0.25) is 0 Å². The van der Waals surface area contributed by atoms with Crippen LogP contribution in [0.5, 0.6) is 0 Å². The number of thioether (sulfide) groups is 1. The number of para-hydroxylation sites is 1. The molecular formula is C19H19F2NO2S2. The van der Waals surface area contributed by atoms with Crippen molar-refractivity contribution in [1.82, 2.24) is 3.97 Å². The lowest BCUT2D eigenvalue weighted by Crippen LogP contribution is -2.46. The third kappa shape index (κ3) is 2.72. The van der Waals surface area contributed by atoms with Gasteiger partial charge in [0.2, 0.25) is 10.0 Å². The Bertz CT molecular complexity index is 1010. The van der Waals surface area contributed by atoms with Crippen LogP contribution in [0, 0.1) is 11.8 Å². The second-order valence-electron chi connectivity index (χ2n) is 6.98. The molecule has 0 bridgehead atoms. The van der Waals surface area contributed by atoms with Crippen LogP contribution in [0.4, 0.5) is 8.78 Å². The number of benzene rings is 1. The van der Waals surface area contributed by atoms with Gasteiger partial charge >= 0.3 is 0 Å². The van der Waals surface area contributed by atoms with Gasteiger partial charge < -0.3 is 0 Å². The van der Waals surface area contributed by atoms with Gasteiger partial charge in [0, 0.05) is 17.5 Å². The average molecular weight is 395 g/mol. The molecule has 4 rings (SSSR count). The molecule has 2 atom stereocenters. The van der Waals surface area contributed by atoms with Gasteiger partial charge in [-0.1, -0.05) is 48.2 Å². The Kier molecular flexibility index (Phi) is 4.27. The molecule has 2 unspecified atom stereocenters. The first-order chi connectivity index (χ1) is 12.3. The molecule has 0 N–H and O–H groups in total. The molecule has 1 aromatic carbocycles. The summed E-state index contributed by atoms with van der Waals surface area (Å²) in [5.41, 5.74) is 0.606. The van der Waals surface area contributed by atoms with Crippen LogP contribution >= 0.6 is 11.8 Å². The van der Waals surface area contributed by atoms with E-state index in [9.17, 15) is 17.2 Å². The smallest absolute Gasteiger partial charge is 0.244 e. The molecule has 1 saturated carbocycles. The molecule has 2 aliphatic rings. The lowest BCUT2D eigenvalue weighted by molar-refractivity contribution is 0.252. The fraction of sp³-hybridized carbons (Fsp3) is 0.368. The summed E-state index contributed by atoms with van der Waals surface area (Å²) in [6, 6.07) is 9.04. The first-order valence-electron chi connectivity index (χ1n) is 8.50. The van der Waals surface area contributed by atoms with E-state index in [4.69, 9.17) is 0 Å². The lowest BCUT2D eigenvalue weighted by Gasteiger charge is -2.38. The Hall–Kier alpha value is -1.60. The third-order valence-corrected chi connectivity index (χ3v) is 8.49. The maximum Gasteiger partial charge on any atom is 0.288 e. The van der Waals surface area contributed by atoms with Gasteiger partial charge in [-0.15, -0.1) is 0 Å². The van der Waals surface area contributed by atoms with Gasteiger partial charge in [0.15, 0.2) is 0 Å². The second-order valence-corrected chi connectivity index (χ2v) is 10.3. The highest BCUT2D eigenvalue weighted by molar-refractivity contribution is 8.03. The van der Waals surface area contributed by atoms with Gasteiger partial charge in [-0.3, -0.25) is 0 Å². The van der Waals surface area contributed by atoms with Gasteiger partial charge in [0.25, 0.3) is 5.76 Å². The Morgan fingerprint density at radius 3 is 2.65 bits per heavy atom. The van der Waals surface area contributed by atoms with E-state index in [-0.39, 0.29) is 5.92 Å². The number of alkyl halides is 2. The van der Waals surface area contributed by atoms with Crippen LogP contribution in [0.15, 0.2) is 59.7 Å². The summed E-state index contributed by atoms with van der Waals surface area (Å²) >= 11 is 0.474. The van der Waals surface area contributed by atoms with Gasteiger partial charge in [0.05, 0.1) is 5.52 Å². The molecule has 1 heterocycles. The number of allylic oxidation sites excluding steroid dienone is 3. The summed E-state index contributed by atoms with van der Waals surface area (Å²) in [7, 11) is -3.84. The van der Waals surface area contributed by atoms with Crippen molar-refractivity contribution in [2.75, 3.05) is 0 Å². The van der Waals surface area contributed by atoms with E-state index in [1.807, 2.05) is 12.1 Å².